The molecule has 2 rings (SSSR count). The van der Waals surface area contributed by atoms with Crippen molar-refractivity contribution in [1.82, 2.24) is 10.4 Å². The molecule has 1 N–H and O–H groups in total. The normalized spacial score (nSPS) is 15.7. The molecule has 1 aromatic carbocycles. The number of hydrogen-bond acceptors (Lipinski definition) is 6. The summed E-state index contributed by atoms with van der Waals surface area (Å²) in [4.78, 5) is 52.6. The number of carbonyl (C=O) groups excluding carboxylic acids is 4. The minimum atomic E-state index is -1.22. The lowest BCUT2D eigenvalue weighted by Gasteiger charge is -2.24. The number of benzene rings is 1. The molecule has 1 aromatic rings. The van der Waals surface area contributed by atoms with Crippen molar-refractivity contribution in [1.29, 1.82) is 0 Å². The molecule has 3 amide bonds. The molecule has 25 heavy (non-hydrogen) atoms. The summed E-state index contributed by atoms with van der Waals surface area (Å²) in [7, 11) is 0. The van der Waals surface area contributed by atoms with Crippen LogP contribution < -0.4 is 5.32 Å². The van der Waals surface area contributed by atoms with Crippen molar-refractivity contribution >= 4 is 23.9 Å². The van der Waals surface area contributed by atoms with E-state index in [2.05, 4.69) is 5.32 Å². The highest BCUT2D eigenvalue weighted by Crippen LogP contribution is 2.19. The fourth-order valence-electron chi connectivity index (χ4n) is 2.15. The molecular formula is C17H20N2O6. The number of nitrogens with zero attached hydrogens (tertiary/aromatic N) is 1. The number of rotatable bonds is 4. The molecule has 8 nitrogen and oxygen atoms in total. The van der Waals surface area contributed by atoms with Crippen LogP contribution in [0.2, 0.25) is 0 Å². The molecule has 1 heterocycles. The Bertz CT molecular complexity index is 664. The second-order valence-electron chi connectivity index (χ2n) is 6.48. The maximum atomic E-state index is 12.5. The van der Waals surface area contributed by atoms with Crippen molar-refractivity contribution in [3.05, 3.63) is 35.9 Å². The summed E-state index contributed by atoms with van der Waals surface area (Å²) < 4.78 is 5.15. The van der Waals surface area contributed by atoms with E-state index >= 15 is 0 Å². The number of hydroxylamine groups is 2. The van der Waals surface area contributed by atoms with Gasteiger partial charge in [0.05, 0.1) is 0 Å². The van der Waals surface area contributed by atoms with Crippen LogP contribution in [0.1, 0.15) is 45.2 Å². The topological polar surface area (TPSA) is 102 Å². The van der Waals surface area contributed by atoms with E-state index in [1.807, 2.05) is 0 Å². The lowest BCUT2D eigenvalue weighted by molar-refractivity contribution is -0.199. The highest BCUT2D eigenvalue weighted by Gasteiger charge is 2.36. The monoisotopic (exact) mass is 348 g/mol. The van der Waals surface area contributed by atoms with E-state index in [9.17, 15) is 19.2 Å². The lowest BCUT2D eigenvalue weighted by atomic mass is 10.1. The molecule has 1 atom stereocenters. The van der Waals surface area contributed by atoms with Crippen molar-refractivity contribution in [2.75, 3.05) is 0 Å². The van der Waals surface area contributed by atoms with Crippen LogP contribution in [0.25, 0.3) is 0 Å². The Morgan fingerprint density at radius 1 is 1.08 bits per heavy atom. The van der Waals surface area contributed by atoms with E-state index in [4.69, 9.17) is 9.57 Å². The number of ether oxygens (including phenoxy) is 1. The zero-order valence-corrected chi connectivity index (χ0v) is 14.3. The van der Waals surface area contributed by atoms with Gasteiger partial charge >= 0.3 is 12.1 Å². The van der Waals surface area contributed by atoms with Gasteiger partial charge in [0, 0.05) is 12.8 Å². The number of hydrogen-bond donors (Lipinski definition) is 1. The molecule has 0 bridgehead atoms. The van der Waals surface area contributed by atoms with Crippen molar-refractivity contribution in [3.8, 4) is 0 Å². The molecule has 0 unspecified atom stereocenters. The van der Waals surface area contributed by atoms with E-state index in [1.165, 1.54) is 0 Å². The maximum absolute atomic E-state index is 12.5. The fraction of sp³-hybridized carbons (Fsp3) is 0.412. The Kier molecular flexibility index (Phi) is 5.41. The van der Waals surface area contributed by atoms with Crippen molar-refractivity contribution in [2.45, 2.75) is 45.3 Å². The van der Waals surface area contributed by atoms with Gasteiger partial charge in [-0.3, -0.25) is 9.59 Å². The summed E-state index contributed by atoms with van der Waals surface area (Å²) in [6.07, 6.45) is -0.846. The van der Waals surface area contributed by atoms with Gasteiger partial charge in [-0.1, -0.05) is 30.3 Å². The lowest BCUT2D eigenvalue weighted by Crippen LogP contribution is -2.42. The van der Waals surface area contributed by atoms with Crippen LogP contribution in [0.4, 0.5) is 4.79 Å². The second-order valence-corrected chi connectivity index (χ2v) is 6.48. The van der Waals surface area contributed by atoms with Crippen LogP contribution >= 0.6 is 0 Å². The molecule has 1 fully saturated rings. The van der Waals surface area contributed by atoms with Crippen molar-refractivity contribution in [3.63, 3.8) is 0 Å². The quantitative estimate of drug-likeness (QED) is 0.833. The Morgan fingerprint density at radius 3 is 2.16 bits per heavy atom. The Labute approximate surface area is 145 Å². The summed E-state index contributed by atoms with van der Waals surface area (Å²) >= 11 is 0. The van der Waals surface area contributed by atoms with Gasteiger partial charge in [-0.05, 0) is 26.3 Å². The van der Waals surface area contributed by atoms with E-state index in [0.717, 1.165) is 0 Å². The largest absolute Gasteiger partial charge is 0.444 e. The SMILES string of the molecule is CC(C)(C)OC(=O)N[C@H](C(=O)ON1C(=O)CCC1=O)c1ccccc1. The van der Waals surface area contributed by atoms with Gasteiger partial charge < -0.3 is 14.9 Å². The van der Waals surface area contributed by atoms with E-state index in [0.29, 0.717) is 10.6 Å². The third-order valence-electron chi connectivity index (χ3n) is 3.22. The molecule has 134 valence electrons. The zero-order valence-electron chi connectivity index (χ0n) is 14.3. The van der Waals surface area contributed by atoms with Gasteiger partial charge in [-0.2, -0.15) is 0 Å². The summed E-state index contributed by atoms with van der Waals surface area (Å²) in [5.74, 6) is -2.15. The first kappa shape index (κ1) is 18.4. The van der Waals surface area contributed by atoms with Crippen LogP contribution in [-0.2, 0) is 24.0 Å². The number of alkyl carbamates (subject to hydrolysis) is 1. The maximum Gasteiger partial charge on any atom is 0.408 e. The third-order valence-corrected chi connectivity index (χ3v) is 3.22. The van der Waals surface area contributed by atoms with Gasteiger partial charge in [0.2, 0.25) is 0 Å². The molecule has 0 saturated carbocycles. The third kappa shape index (κ3) is 5.03. The summed E-state index contributed by atoms with van der Waals surface area (Å²) in [6, 6.07) is 7.09. The number of carbonyl (C=O) groups is 4. The zero-order chi connectivity index (χ0) is 18.6. The minimum absolute atomic E-state index is 0.0123. The van der Waals surface area contributed by atoms with Crippen LogP contribution in [0.3, 0.4) is 0 Å². The van der Waals surface area contributed by atoms with Gasteiger partial charge in [0.25, 0.3) is 11.8 Å². The van der Waals surface area contributed by atoms with Crippen LogP contribution in [0.5, 0.6) is 0 Å². The van der Waals surface area contributed by atoms with Gasteiger partial charge in [0.15, 0.2) is 6.04 Å². The molecular weight excluding hydrogens is 328 g/mol. The van der Waals surface area contributed by atoms with E-state index in [1.54, 1.807) is 51.1 Å². The molecule has 1 saturated heterocycles. The summed E-state index contributed by atoms with van der Waals surface area (Å²) in [5.41, 5.74) is -0.326. The number of nitrogens with one attached hydrogen (secondary N) is 1. The molecule has 0 aromatic heterocycles. The predicted octanol–water partition coefficient (Wildman–Crippen LogP) is 1.86. The van der Waals surface area contributed by atoms with Gasteiger partial charge in [0.1, 0.15) is 5.60 Å². The van der Waals surface area contributed by atoms with E-state index in [-0.39, 0.29) is 12.8 Å². The molecule has 1 aliphatic rings. The second kappa shape index (κ2) is 7.33. The fourth-order valence-corrected chi connectivity index (χ4v) is 2.15. The number of amides is 3. The summed E-state index contributed by atoms with van der Waals surface area (Å²) in [6.45, 7) is 5.05. The predicted molar refractivity (Wildman–Crippen MR) is 85.7 cm³/mol. The molecule has 1 aliphatic heterocycles. The standard InChI is InChI=1S/C17H20N2O6/c1-17(2,3)24-16(23)18-14(11-7-5-4-6-8-11)15(22)25-19-12(20)9-10-13(19)21/h4-8,14H,9-10H2,1-3H3,(H,18,23)/t14-/m0/s1. The average Bonchev–Trinajstić information content (AvgIpc) is 2.83. The minimum Gasteiger partial charge on any atom is -0.444 e. The van der Waals surface area contributed by atoms with Crippen molar-refractivity contribution in [2.24, 2.45) is 0 Å². The Balaban J connectivity index is 2.17. The van der Waals surface area contributed by atoms with Gasteiger partial charge in [-0.25, -0.2) is 9.59 Å². The molecule has 0 radical (unpaired) electrons. The summed E-state index contributed by atoms with van der Waals surface area (Å²) in [5, 5.41) is 2.85. The first-order chi connectivity index (χ1) is 11.7. The Hall–Kier alpha value is -2.90. The first-order valence-electron chi connectivity index (χ1n) is 7.79. The Morgan fingerprint density at radius 2 is 1.64 bits per heavy atom. The smallest absolute Gasteiger partial charge is 0.408 e. The number of imide groups is 1. The van der Waals surface area contributed by atoms with Crippen LogP contribution in [0, 0.1) is 0 Å². The first-order valence-corrected chi connectivity index (χ1v) is 7.79. The van der Waals surface area contributed by atoms with Crippen LogP contribution in [0.15, 0.2) is 30.3 Å². The molecule has 0 aliphatic carbocycles. The van der Waals surface area contributed by atoms with E-state index < -0.39 is 35.5 Å². The van der Waals surface area contributed by atoms with Gasteiger partial charge in [-0.15, -0.1) is 5.06 Å². The molecule has 8 heteroatoms. The molecule has 0 spiro atoms. The highest BCUT2D eigenvalue weighted by atomic mass is 16.7. The highest BCUT2D eigenvalue weighted by molar-refractivity contribution is 6.02. The average molecular weight is 348 g/mol. The van der Waals surface area contributed by atoms with Crippen LogP contribution in [-0.4, -0.2) is 34.5 Å². The van der Waals surface area contributed by atoms with Crippen molar-refractivity contribution < 1.29 is 28.8 Å².